The van der Waals surface area contributed by atoms with Crippen LogP contribution in [0.1, 0.15) is 5.76 Å². The molecule has 31 heavy (non-hydrogen) atoms. The van der Waals surface area contributed by atoms with Crippen LogP contribution in [0.25, 0.3) is 22.1 Å². The van der Waals surface area contributed by atoms with E-state index < -0.39 is 4.92 Å². The van der Waals surface area contributed by atoms with Gasteiger partial charge < -0.3 is 9.73 Å². The van der Waals surface area contributed by atoms with Crippen molar-refractivity contribution in [1.82, 2.24) is 5.43 Å². The Hall–Kier alpha value is -4.46. The Labute approximate surface area is 177 Å². The number of nitrogens with zero attached hydrogens (tertiary/aromatic N) is 2. The van der Waals surface area contributed by atoms with E-state index >= 15 is 0 Å². The number of non-ortho nitro benzene ring substituents is 1. The third kappa shape index (κ3) is 4.94. The van der Waals surface area contributed by atoms with Gasteiger partial charge in [0.05, 0.1) is 17.7 Å². The number of furan rings is 1. The first-order valence-electron chi connectivity index (χ1n) is 9.48. The van der Waals surface area contributed by atoms with E-state index in [0.29, 0.717) is 17.1 Å². The van der Waals surface area contributed by atoms with Gasteiger partial charge in [0, 0.05) is 23.4 Å². The fourth-order valence-electron chi connectivity index (χ4n) is 3.04. The number of nitro groups is 1. The van der Waals surface area contributed by atoms with Crippen LogP contribution in [0.2, 0.25) is 0 Å². The van der Waals surface area contributed by atoms with Crippen LogP contribution in [-0.4, -0.2) is 23.6 Å². The largest absolute Gasteiger partial charge is 0.455 e. The molecular weight excluding hydrogens is 396 g/mol. The molecule has 1 amide bonds. The van der Waals surface area contributed by atoms with Gasteiger partial charge in [0.25, 0.3) is 11.6 Å². The number of nitrogens with one attached hydrogen (secondary N) is 2. The van der Waals surface area contributed by atoms with E-state index in [4.69, 9.17) is 4.42 Å². The molecule has 0 fully saturated rings. The van der Waals surface area contributed by atoms with E-state index in [9.17, 15) is 14.9 Å². The highest BCUT2D eigenvalue weighted by atomic mass is 16.6. The van der Waals surface area contributed by atoms with Gasteiger partial charge in [0.15, 0.2) is 0 Å². The molecule has 2 N–H and O–H groups in total. The first kappa shape index (κ1) is 19.8. The van der Waals surface area contributed by atoms with E-state index in [-0.39, 0.29) is 18.1 Å². The summed E-state index contributed by atoms with van der Waals surface area (Å²) >= 11 is 0. The van der Waals surface area contributed by atoms with Crippen LogP contribution in [0.15, 0.2) is 88.4 Å². The smallest absolute Gasteiger partial charge is 0.270 e. The molecule has 0 spiro atoms. The van der Waals surface area contributed by atoms with Crippen molar-refractivity contribution in [3.63, 3.8) is 0 Å². The Kier molecular flexibility index (Phi) is 5.70. The maximum atomic E-state index is 12.0. The average Bonchev–Trinajstić information content (AvgIpc) is 3.26. The SMILES string of the molecule is O=C(CNc1ccc2ccccc2c1)N/N=C/c1ccc(-c2cccc([N+](=O)[O-])c2)o1. The molecule has 0 aliphatic rings. The maximum absolute atomic E-state index is 12.0. The summed E-state index contributed by atoms with van der Waals surface area (Å²) in [6.07, 6.45) is 1.37. The van der Waals surface area contributed by atoms with Crippen molar-refractivity contribution in [2.24, 2.45) is 5.10 Å². The Morgan fingerprint density at radius 2 is 1.84 bits per heavy atom. The predicted octanol–water partition coefficient (Wildman–Crippen LogP) is 4.57. The Balaban J connectivity index is 1.31. The molecule has 0 saturated heterocycles. The molecule has 1 aromatic heterocycles. The summed E-state index contributed by atoms with van der Waals surface area (Å²) in [6.45, 7) is 0.0623. The second-order valence-electron chi connectivity index (χ2n) is 6.72. The molecule has 3 aromatic carbocycles. The maximum Gasteiger partial charge on any atom is 0.270 e. The lowest BCUT2D eigenvalue weighted by atomic mass is 10.1. The molecule has 4 aromatic rings. The standard InChI is InChI=1S/C23H18N4O4/c28-23(15-24-19-9-8-16-4-1-2-5-17(16)12-19)26-25-14-21-10-11-22(31-21)18-6-3-7-20(13-18)27(29)30/h1-14,24H,15H2,(H,26,28)/b25-14+. The highest BCUT2D eigenvalue weighted by Crippen LogP contribution is 2.25. The molecule has 0 radical (unpaired) electrons. The second-order valence-corrected chi connectivity index (χ2v) is 6.72. The number of hydrogen-bond acceptors (Lipinski definition) is 6. The molecule has 0 aliphatic heterocycles. The summed E-state index contributed by atoms with van der Waals surface area (Å²) < 4.78 is 5.62. The molecular formula is C23H18N4O4. The fourth-order valence-corrected chi connectivity index (χ4v) is 3.04. The molecule has 0 bridgehead atoms. The molecule has 4 rings (SSSR count). The number of hydrogen-bond donors (Lipinski definition) is 2. The van der Waals surface area contributed by atoms with Gasteiger partial charge >= 0.3 is 0 Å². The van der Waals surface area contributed by atoms with Crippen molar-refractivity contribution in [3.05, 3.63) is 94.7 Å². The number of nitro benzene ring substituents is 1. The first-order valence-corrected chi connectivity index (χ1v) is 9.48. The van der Waals surface area contributed by atoms with E-state index in [2.05, 4.69) is 15.8 Å². The Bertz CT molecular complexity index is 1280. The monoisotopic (exact) mass is 414 g/mol. The molecule has 8 nitrogen and oxygen atoms in total. The number of fused-ring (bicyclic) bond motifs is 1. The van der Waals surface area contributed by atoms with Gasteiger partial charge in [-0.15, -0.1) is 0 Å². The number of rotatable bonds is 7. The number of hydrazone groups is 1. The van der Waals surface area contributed by atoms with Crippen molar-refractivity contribution in [1.29, 1.82) is 0 Å². The van der Waals surface area contributed by atoms with Crippen molar-refractivity contribution in [3.8, 4) is 11.3 Å². The topological polar surface area (TPSA) is 110 Å². The molecule has 154 valence electrons. The summed E-state index contributed by atoms with van der Waals surface area (Å²) in [6, 6.07) is 23.4. The molecule has 0 unspecified atom stereocenters. The molecule has 0 atom stereocenters. The van der Waals surface area contributed by atoms with Gasteiger partial charge in [-0.3, -0.25) is 14.9 Å². The molecule has 8 heteroatoms. The Morgan fingerprint density at radius 3 is 2.68 bits per heavy atom. The number of benzene rings is 3. The zero-order chi connectivity index (χ0) is 21.6. The van der Waals surface area contributed by atoms with E-state index in [1.807, 2.05) is 42.5 Å². The van der Waals surface area contributed by atoms with Crippen molar-refractivity contribution in [2.75, 3.05) is 11.9 Å². The highest BCUT2D eigenvalue weighted by molar-refractivity contribution is 5.87. The van der Waals surface area contributed by atoms with Crippen LogP contribution in [0.4, 0.5) is 11.4 Å². The number of carbonyl (C=O) groups excluding carboxylic acids is 1. The first-order chi connectivity index (χ1) is 15.1. The van der Waals surface area contributed by atoms with Crippen LogP contribution in [0, 0.1) is 10.1 Å². The zero-order valence-corrected chi connectivity index (χ0v) is 16.3. The molecule has 0 aliphatic carbocycles. The van der Waals surface area contributed by atoms with E-state index in [1.165, 1.54) is 18.3 Å². The lowest BCUT2D eigenvalue weighted by Crippen LogP contribution is -2.25. The summed E-state index contributed by atoms with van der Waals surface area (Å²) in [5.74, 6) is 0.564. The van der Waals surface area contributed by atoms with E-state index in [0.717, 1.165) is 16.5 Å². The normalized spacial score (nSPS) is 11.0. The summed E-state index contributed by atoms with van der Waals surface area (Å²) in [4.78, 5) is 22.5. The second kappa shape index (κ2) is 8.91. The summed E-state index contributed by atoms with van der Waals surface area (Å²) in [5, 5.41) is 20.1. The lowest BCUT2D eigenvalue weighted by molar-refractivity contribution is -0.384. The van der Waals surface area contributed by atoms with Gasteiger partial charge in [-0.05, 0) is 35.0 Å². The van der Waals surface area contributed by atoms with E-state index in [1.54, 1.807) is 24.3 Å². The number of carbonyl (C=O) groups is 1. The van der Waals surface area contributed by atoms with Crippen LogP contribution in [-0.2, 0) is 4.79 Å². The quantitative estimate of drug-likeness (QED) is 0.261. The fraction of sp³-hybridized carbons (Fsp3) is 0.0435. The van der Waals surface area contributed by atoms with Crippen LogP contribution in [0.3, 0.4) is 0 Å². The number of amides is 1. The van der Waals surface area contributed by atoms with Gasteiger partial charge in [-0.1, -0.05) is 42.5 Å². The molecule has 1 heterocycles. The highest BCUT2D eigenvalue weighted by Gasteiger charge is 2.10. The van der Waals surface area contributed by atoms with Gasteiger partial charge in [-0.2, -0.15) is 5.10 Å². The minimum absolute atomic E-state index is 0.0182. The van der Waals surface area contributed by atoms with Crippen molar-refractivity contribution < 1.29 is 14.1 Å². The minimum atomic E-state index is -0.462. The third-order valence-corrected chi connectivity index (χ3v) is 4.55. The average molecular weight is 414 g/mol. The van der Waals surface area contributed by atoms with Crippen LogP contribution < -0.4 is 10.7 Å². The zero-order valence-electron chi connectivity index (χ0n) is 16.3. The van der Waals surface area contributed by atoms with Crippen molar-refractivity contribution >= 4 is 34.3 Å². The summed E-state index contributed by atoms with van der Waals surface area (Å²) in [5.41, 5.74) is 3.83. The number of anilines is 1. The minimum Gasteiger partial charge on any atom is -0.455 e. The third-order valence-electron chi connectivity index (χ3n) is 4.55. The van der Waals surface area contributed by atoms with Crippen LogP contribution in [0.5, 0.6) is 0 Å². The predicted molar refractivity (Wildman–Crippen MR) is 119 cm³/mol. The summed E-state index contributed by atoms with van der Waals surface area (Å²) in [7, 11) is 0. The van der Waals surface area contributed by atoms with Gasteiger partial charge in [0.2, 0.25) is 0 Å². The lowest BCUT2D eigenvalue weighted by Gasteiger charge is -2.06. The van der Waals surface area contributed by atoms with Gasteiger partial charge in [0.1, 0.15) is 11.5 Å². The van der Waals surface area contributed by atoms with Crippen molar-refractivity contribution in [2.45, 2.75) is 0 Å². The Morgan fingerprint density at radius 1 is 1.00 bits per heavy atom. The van der Waals surface area contributed by atoms with Crippen LogP contribution >= 0.6 is 0 Å². The molecule has 0 saturated carbocycles. The van der Waals surface area contributed by atoms with Gasteiger partial charge in [-0.25, -0.2) is 5.43 Å².